The molecule has 1 N–H and O–H groups in total. The molecule has 1 aliphatic carbocycles. The molecule has 1 aromatic rings. The Morgan fingerprint density at radius 3 is 2.73 bits per heavy atom. The minimum absolute atomic E-state index is 0.0591. The van der Waals surface area contributed by atoms with Crippen molar-refractivity contribution in [3.63, 3.8) is 0 Å². The molecule has 1 heterocycles. The number of carbonyl (C=O) groups is 1. The molecule has 0 aliphatic heterocycles. The van der Waals surface area contributed by atoms with Gasteiger partial charge >= 0.3 is 0 Å². The third kappa shape index (κ3) is 2.25. The zero-order chi connectivity index (χ0) is 11.1. The Labute approximate surface area is 97.4 Å². The van der Waals surface area contributed by atoms with Gasteiger partial charge in [-0.05, 0) is 40.3 Å². The normalized spacial score (nSPS) is 19.7. The molecule has 1 amide bonds. The van der Waals surface area contributed by atoms with Gasteiger partial charge in [-0.2, -0.15) is 0 Å². The molecular weight excluding hydrogens is 258 g/mol. The fourth-order valence-corrected chi connectivity index (χ4v) is 2.52. The van der Waals surface area contributed by atoms with Gasteiger partial charge < -0.3 is 9.73 Å². The smallest absolute Gasteiger partial charge is 0.255 e. The van der Waals surface area contributed by atoms with E-state index in [0.29, 0.717) is 21.7 Å². The molecule has 0 saturated heterocycles. The van der Waals surface area contributed by atoms with Crippen LogP contribution in [0.3, 0.4) is 0 Å². The molecule has 0 atom stereocenters. The van der Waals surface area contributed by atoms with Gasteiger partial charge in [0.05, 0.1) is 11.8 Å². The van der Waals surface area contributed by atoms with E-state index in [2.05, 4.69) is 35.1 Å². The maximum absolute atomic E-state index is 11.7. The number of hydrogen-bond acceptors (Lipinski definition) is 2. The first-order valence-electron chi connectivity index (χ1n) is 5.02. The van der Waals surface area contributed by atoms with Gasteiger partial charge in [0.15, 0.2) is 4.67 Å². The molecule has 0 spiro atoms. The highest BCUT2D eigenvalue weighted by Crippen LogP contribution is 2.39. The van der Waals surface area contributed by atoms with Crippen LogP contribution in [0, 0.1) is 5.41 Å². The van der Waals surface area contributed by atoms with Crippen LogP contribution in [0.4, 0.5) is 0 Å². The summed E-state index contributed by atoms with van der Waals surface area (Å²) in [5.41, 5.74) is 0.950. The number of hydrogen-bond donors (Lipinski definition) is 1. The summed E-state index contributed by atoms with van der Waals surface area (Å²) in [6.45, 7) is 4.42. The van der Waals surface area contributed by atoms with Crippen molar-refractivity contribution in [3.05, 3.63) is 22.6 Å². The zero-order valence-electron chi connectivity index (χ0n) is 8.84. The van der Waals surface area contributed by atoms with Crippen molar-refractivity contribution in [2.75, 3.05) is 0 Å². The van der Waals surface area contributed by atoms with Crippen LogP contribution in [0.1, 0.15) is 37.0 Å². The summed E-state index contributed by atoms with van der Waals surface area (Å²) >= 11 is 3.19. The van der Waals surface area contributed by atoms with Crippen LogP contribution >= 0.6 is 15.9 Å². The third-order valence-electron chi connectivity index (χ3n) is 2.80. The van der Waals surface area contributed by atoms with Crippen LogP contribution in [-0.2, 0) is 0 Å². The van der Waals surface area contributed by atoms with Crippen molar-refractivity contribution in [1.82, 2.24) is 5.32 Å². The number of amides is 1. The second kappa shape index (κ2) is 3.67. The van der Waals surface area contributed by atoms with Crippen LogP contribution < -0.4 is 5.32 Å². The molecule has 0 radical (unpaired) electrons. The lowest BCUT2D eigenvalue weighted by Gasteiger charge is -2.42. The van der Waals surface area contributed by atoms with Crippen LogP contribution in [0.15, 0.2) is 21.4 Å². The lowest BCUT2D eigenvalue weighted by molar-refractivity contribution is 0.0801. The first-order valence-corrected chi connectivity index (χ1v) is 5.81. The van der Waals surface area contributed by atoms with Crippen molar-refractivity contribution in [2.24, 2.45) is 5.41 Å². The molecule has 1 aromatic heterocycles. The van der Waals surface area contributed by atoms with E-state index in [4.69, 9.17) is 4.42 Å². The maximum atomic E-state index is 11.7. The van der Waals surface area contributed by atoms with Gasteiger partial charge in [0.2, 0.25) is 0 Å². The van der Waals surface area contributed by atoms with E-state index in [1.54, 1.807) is 6.07 Å². The highest BCUT2D eigenvalue weighted by atomic mass is 79.9. The van der Waals surface area contributed by atoms with E-state index in [9.17, 15) is 4.79 Å². The minimum atomic E-state index is -0.0591. The average molecular weight is 272 g/mol. The van der Waals surface area contributed by atoms with Crippen molar-refractivity contribution in [3.8, 4) is 0 Å². The molecule has 82 valence electrons. The monoisotopic (exact) mass is 271 g/mol. The Hall–Kier alpha value is -0.770. The van der Waals surface area contributed by atoms with Crippen molar-refractivity contribution >= 4 is 21.8 Å². The highest BCUT2D eigenvalue weighted by molar-refractivity contribution is 9.10. The summed E-state index contributed by atoms with van der Waals surface area (Å²) < 4.78 is 5.51. The largest absolute Gasteiger partial charge is 0.457 e. The van der Waals surface area contributed by atoms with Crippen molar-refractivity contribution in [2.45, 2.75) is 32.7 Å². The zero-order valence-corrected chi connectivity index (χ0v) is 10.4. The lowest BCUT2D eigenvalue weighted by Crippen LogP contribution is -2.48. The van der Waals surface area contributed by atoms with E-state index >= 15 is 0 Å². The predicted molar refractivity (Wildman–Crippen MR) is 60.7 cm³/mol. The summed E-state index contributed by atoms with van der Waals surface area (Å²) in [6.07, 6.45) is 3.60. The van der Waals surface area contributed by atoms with Gasteiger partial charge in [-0.1, -0.05) is 13.8 Å². The summed E-state index contributed by atoms with van der Waals surface area (Å²) in [5.74, 6) is -0.0591. The maximum Gasteiger partial charge on any atom is 0.255 e. The van der Waals surface area contributed by atoms with Gasteiger partial charge in [0.25, 0.3) is 5.91 Å². The minimum Gasteiger partial charge on any atom is -0.457 e. The molecule has 1 fully saturated rings. The molecule has 15 heavy (non-hydrogen) atoms. The fraction of sp³-hybridized carbons (Fsp3) is 0.545. The van der Waals surface area contributed by atoms with Crippen molar-refractivity contribution < 1.29 is 9.21 Å². The number of furan rings is 1. The SMILES string of the molecule is CC1(C)CC(NC(=O)c2ccoc2Br)C1. The van der Waals surface area contributed by atoms with E-state index in [-0.39, 0.29) is 5.91 Å². The Morgan fingerprint density at radius 2 is 2.27 bits per heavy atom. The van der Waals surface area contributed by atoms with Gasteiger partial charge in [0, 0.05) is 6.04 Å². The quantitative estimate of drug-likeness (QED) is 0.899. The topological polar surface area (TPSA) is 42.2 Å². The highest BCUT2D eigenvalue weighted by Gasteiger charge is 2.37. The Morgan fingerprint density at radius 1 is 1.60 bits per heavy atom. The van der Waals surface area contributed by atoms with Gasteiger partial charge in [0.1, 0.15) is 0 Å². The van der Waals surface area contributed by atoms with Gasteiger partial charge in [-0.3, -0.25) is 4.79 Å². The molecule has 0 unspecified atom stereocenters. The second-order valence-corrected chi connectivity index (χ2v) is 5.57. The van der Waals surface area contributed by atoms with E-state index in [1.807, 2.05) is 0 Å². The Balaban J connectivity index is 1.92. The molecule has 2 rings (SSSR count). The number of halogens is 1. The van der Waals surface area contributed by atoms with Gasteiger partial charge in [-0.25, -0.2) is 0 Å². The summed E-state index contributed by atoms with van der Waals surface area (Å²) in [5, 5.41) is 2.99. The number of nitrogens with one attached hydrogen (secondary N) is 1. The lowest BCUT2D eigenvalue weighted by atomic mass is 9.68. The van der Waals surface area contributed by atoms with E-state index in [0.717, 1.165) is 12.8 Å². The molecule has 4 heteroatoms. The van der Waals surface area contributed by atoms with Crippen molar-refractivity contribution in [1.29, 1.82) is 0 Å². The van der Waals surface area contributed by atoms with Crippen LogP contribution in [0.2, 0.25) is 0 Å². The summed E-state index contributed by atoms with van der Waals surface area (Å²) in [6, 6.07) is 1.98. The summed E-state index contributed by atoms with van der Waals surface area (Å²) in [7, 11) is 0. The average Bonchev–Trinajstić information content (AvgIpc) is 2.47. The third-order valence-corrected chi connectivity index (χ3v) is 3.41. The molecule has 0 aromatic carbocycles. The number of rotatable bonds is 2. The fourth-order valence-electron chi connectivity index (χ4n) is 2.10. The number of carbonyl (C=O) groups excluding carboxylic acids is 1. The first-order chi connectivity index (χ1) is 6.98. The Kier molecular flexibility index (Phi) is 2.63. The predicted octanol–water partition coefficient (Wildman–Crippen LogP) is 2.96. The first kappa shape index (κ1) is 10.7. The standard InChI is InChI=1S/C11H14BrNO2/c1-11(2)5-7(6-11)13-10(14)8-3-4-15-9(8)12/h3-4,7H,5-6H2,1-2H3,(H,13,14). The van der Waals surface area contributed by atoms with E-state index < -0.39 is 0 Å². The molecule has 0 bridgehead atoms. The summed E-state index contributed by atoms with van der Waals surface area (Å²) in [4.78, 5) is 11.7. The molecule has 3 nitrogen and oxygen atoms in total. The van der Waals surface area contributed by atoms with Crippen LogP contribution in [0.5, 0.6) is 0 Å². The van der Waals surface area contributed by atoms with Crippen LogP contribution in [-0.4, -0.2) is 11.9 Å². The van der Waals surface area contributed by atoms with E-state index in [1.165, 1.54) is 6.26 Å². The molecule has 1 saturated carbocycles. The van der Waals surface area contributed by atoms with Crippen LogP contribution in [0.25, 0.3) is 0 Å². The Bertz CT molecular complexity index is 376. The molecular formula is C11H14BrNO2. The second-order valence-electron chi connectivity index (χ2n) is 4.85. The molecule has 1 aliphatic rings. The van der Waals surface area contributed by atoms with Gasteiger partial charge in [-0.15, -0.1) is 0 Å².